The monoisotopic (exact) mass is 345 g/mol. The van der Waals surface area contributed by atoms with Gasteiger partial charge in [-0.25, -0.2) is 0 Å². The van der Waals surface area contributed by atoms with Crippen LogP contribution in [0.25, 0.3) is 10.9 Å². The van der Waals surface area contributed by atoms with E-state index < -0.39 is 0 Å². The van der Waals surface area contributed by atoms with Gasteiger partial charge in [0.05, 0.1) is 0 Å². The molecule has 0 unspecified atom stereocenters. The fourth-order valence-electron chi connectivity index (χ4n) is 1.50. The van der Waals surface area contributed by atoms with Gasteiger partial charge in [-0.2, -0.15) is 0 Å². The Morgan fingerprint density at radius 2 is 2.06 bits per heavy atom. The van der Waals surface area contributed by atoms with Crippen LogP contribution >= 0.6 is 0 Å². The van der Waals surface area contributed by atoms with Crippen LogP contribution < -0.4 is 25.9 Å². The molecule has 0 aliphatic heterocycles. The van der Waals surface area contributed by atoms with E-state index in [4.69, 9.17) is 4.74 Å². The van der Waals surface area contributed by atoms with Crippen LogP contribution in [-0.4, -0.2) is 26.1 Å². The van der Waals surface area contributed by atoms with Crippen molar-refractivity contribution in [2.45, 2.75) is 17.8 Å². The minimum absolute atomic E-state index is 0.142. The van der Waals surface area contributed by atoms with Gasteiger partial charge in [0.25, 0.3) is 0 Å². The normalized spacial score (nSPS) is 11.3. The van der Waals surface area contributed by atoms with E-state index in [0.29, 0.717) is 9.67 Å². The van der Waals surface area contributed by atoms with Crippen molar-refractivity contribution in [1.82, 2.24) is 9.97 Å². The van der Waals surface area contributed by atoms with Gasteiger partial charge in [-0.1, -0.05) is 0 Å². The number of halogens is 1. The minimum atomic E-state index is -0.165. The molecule has 0 radical (unpaired) electrons. The molecule has 0 spiro atoms. The van der Waals surface area contributed by atoms with Crippen LogP contribution in [-0.2, 0) is 0 Å². The molecular formula is C12H14IN2O2-. The summed E-state index contributed by atoms with van der Waals surface area (Å²) in [7, 11) is 1.53. The van der Waals surface area contributed by atoms with Gasteiger partial charge in [0.2, 0.25) is 0 Å². The molecule has 2 aromatic rings. The summed E-state index contributed by atoms with van der Waals surface area (Å²) in [5.41, 5.74) is 0.824. The number of aromatic nitrogens is 2. The topological polar surface area (TPSA) is 55.2 Å². The van der Waals surface area contributed by atoms with Crippen molar-refractivity contribution in [3.63, 3.8) is 0 Å². The van der Waals surface area contributed by atoms with Gasteiger partial charge in [-0.15, -0.1) is 0 Å². The molecule has 0 bridgehead atoms. The molecule has 1 heterocycles. The number of methoxy groups -OCH3 is 1. The van der Waals surface area contributed by atoms with E-state index in [1.807, 2.05) is 0 Å². The van der Waals surface area contributed by atoms with Crippen LogP contribution in [0.2, 0.25) is 0 Å². The third-order valence-corrected chi connectivity index (χ3v) is 4.90. The number of alkyl halides is 1. The predicted octanol–water partition coefficient (Wildman–Crippen LogP) is -0.989. The SMILES string of the molecule is COc1cc2ncnc([I-]C(C)C)c2cc1O. The van der Waals surface area contributed by atoms with Crippen LogP contribution in [0.15, 0.2) is 18.5 Å². The first-order valence-electron chi connectivity index (χ1n) is 5.27. The Morgan fingerprint density at radius 1 is 1.29 bits per heavy atom. The fourth-order valence-corrected chi connectivity index (χ4v) is 3.73. The quantitative estimate of drug-likeness (QED) is 0.441. The molecule has 17 heavy (non-hydrogen) atoms. The molecule has 1 aromatic heterocycles. The van der Waals surface area contributed by atoms with E-state index in [1.54, 1.807) is 18.5 Å². The molecule has 2 rings (SSSR count). The van der Waals surface area contributed by atoms with Crippen molar-refractivity contribution in [3.05, 3.63) is 22.2 Å². The van der Waals surface area contributed by atoms with Gasteiger partial charge in [-0.3, -0.25) is 0 Å². The first-order valence-corrected chi connectivity index (χ1v) is 7.59. The zero-order valence-electron chi connectivity index (χ0n) is 9.94. The van der Waals surface area contributed by atoms with Crippen molar-refractivity contribution in [2.24, 2.45) is 0 Å². The molecule has 0 atom stereocenters. The Labute approximate surface area is 110 Å². The fraction of sp³-hybridized carbons (Fsp3) is 0.333. The number of aromatic hydroxyl groups is 1. The summed E-state index contributed by atoms with van der Waals surface area (Å²) in [6, 6.07) is 3.45. The second-order valence-electron chi connectivity index (χ2n) is 3.83. The van der Waals surface area contributed by atoms with Crippen molar-refractivity contribution in [3.8, 4) is 11.5 Å². The summed E-state index contributed by atoms with van der Waals surface area (Å²) < 4.78 is 6.77. The van der Waals surface area contributed by atoms with Gasteiger partial charge in [0.15, 0.2) is 0 Å². The number of hydrogen-bond donors (Lipinski definition) is 1. The van der Waals surface area contributed by atoms with Crippen molar-refractivity contribution >= 4 is 10.9 Å². The molecule has 0 aliphatic carbocycles. The second kappa shape index (κ2) is 5.03. The number of phenolic OH excluding ortho intramolecular Hbond substituents is 1. The predicted molar refractivity (Wildman–Crippen MR) is 61.6 cm³/mol. The number of benzene rings is 1. The molecule has 92 valence electrons. The molecule has 1 N–H and O–H groups in total. The molecule has 5 heteroatoms. The molecule has 0 fully saturated rings. The van der Waals surface area contributed by atoms with E-state index in [0.717, 1.165) is 14.6 Å². The van der Waals surface area contributed by atoms with Crippen LogP contribution in [0.4, 0.5) is 0 Å². The summed E-state index contributed by atoms with van der Waals surface area (Å²) in [5.74, 6) is 0.591. The van der Waals surface area contributed by atoms with Crippen LogP contribution in [0.5, 0.6) is 11.5 Å². The summed E-state index contributed by atoms with van der Waals surface area (Å²) in [5, 5.41) is 10.7. The van der Waals surface area contributed by atoms with Crippen LogP contribution in [0.3, 0.4) is 0 Å². The van der Waals surface area contributed by atoms with E-state index >= 15 is 0 Å². The molecule has 0 saturated carbocycles. The zero-order valence-corrected chi connectivity index (χ0v) is 12.1. The maximum atomic E-state index is 9.80. The van der Waals surface area contributed by atoms with E-state index in [9.17, 15) is 5.11 Å². The summed E-state index contributed by atoms with van der Waals surface area (Å²) >= 11 is -0.165. The third kappa shape index (κ3) is 2.59. The molecule has 4 nitrogen and oxygen atoms in total. The van der Waals surface area contributed by atoms with Crippen molar-refractivity contribution in [2.75, 3.05) is 7.11 Å². The summed E-state index contributed by atoms with van der Waals surface area (Å²) in [6.45, 7) is 4.37. The Hall–Kier alpha value is -1.11. The summed E-state index contributed by atoms with van der Waals surface area (Å²) in [6.07, 6.45) is 1.58. The Kier molecular flexibility index (Phi) is 3.66. The molecule has 0 saturated heterocycles. The Bertz CT molecular complexity index is 543. The first kappa shape index (κ1) is 12.3. The van der Waals surface area contributed by atoms with E-state index in [-0.39, 0.29) is 27.0 Å². The zero-order chi connectivity index (χ0) is 12.4. The average molecular weight is 345 g/mol. The Balaban J connectivity index is 2.60. The molecule has 0 amide bonds. The molecule has 1 aromatic carbocycles. The van der Waals surface area contributed by atoms with E-state index in [2.05, 4.69) is 23.8 Å². The Morgan fingerprint density at radius 3 is 2.71 bits per heavy atom. The van der Waals surface area contributed by atoms with Crippen molar-refractivity contribution in [1.29, 1.82) is 0 Å². The number of phenols is 1. The number of hydrogen-bond acceptors (Lipinski definition) is 4. The first-order chi connectivity index (χ1) is 8.11. The summed E-state index contributed by atoms with van der Waals surface area (Å²) in [4.78, 5) is 8.54. The average Bonchev–Trinajstić information content (AvgIpc) is 2.28. The van der Waals surface area contributed by atoms with Gasteiger partial charge < -0.3 is 0 Å². The van der Waals surface area contributed by atoms with Gasteiger partial charge >= 0.3 is 110 Å². The van der Waals surface area contributed by atoms with Crippen LogP contribution in [0.1, 0.15) is 13.8 Å². The maximum absolute atomic E-state index is 9.80. The van der Waals surface area contributed by atoms with Crippen molar-refractivity contribution < 1.29 is 31.0 Å². The third-order valence-electron chi connectivity index (χ3n) is 2.21. The van der Waals surface area contributed by atoms with Gasteiger partial charge in [0.1, 0.15) is 0 Å². The molecular weight excluding hydrogens is 331 g/mol. The number of nitrogens with zero attached hydrogens (tertiary/aromatic N) is 2. The molecule has 0 aliphatic rings. The van der Waals surface area contributed by atoms with Crippen LogP contribution in [0, 0.1) is 3.70 Å². The standard InChI is InChI=1S/C12H14IN2O2/c1-7(2)13-12-8-4-10(16)11(17-3)5-9(8)14-6-15-12/h4-7,16H,1-3H3/q-1. The number of ether oxygens (including phenoxy) is 1. The van der Waals surface area contributed by atoms with Gasteiger partial charge in [-0.05, 0) is 0 Å². The second-order valence-corrected chi connectivity index (χ2v) is 7.96. The number of fused-ring (bicyclic) bond motifs is 1. The number of rotatable bonds is 3. The van der Waals surface area contributed by atoms with E-state index in [1.165, 1.54) is 7.11 Å². The van der Waals surface area contributed by atoms with Gasteiger partial charge in [0, 0.05) is 0 Å².